The number of nitrogens with zero attached hydrogens (tertiary/aromatic N) is 4. The minimum atomic E-state index is -0.622. The van der Waals surface area contributed by atoms with E-state index in [1.807, 2.05) is 13.8 Å². The molecular formula is C11H13FN4O. The molecule has 0 atom stereocenters. The molecule has 90 valence electrons. The van der Waals surface area contributed by atoms with Gasteiger partial charge in [-0.25, -0.2) is 14.6 Å². The van der Waals surface area contributed by atoms with Crippen LogP contribution in [0.4, 0.5) is 4.39 Å². The molecule has 0 fully saturated rings. The summed E-state index contributed by atoms with van der Waals surface area (Å²) in [5.41, 5.74) is 0. The van der Waals surface area contributed by atoms with E-state index in [9.17, 15) is 4.39 Å². The van der Waals surface area contributed by atoms with E-state index in [-0.39, 0.29) is 18.4 Å². The van der Waals surface area contributed by atoms with E-state index in [0.29, 0.717) is 5.82 Å². The van der Waals surface area contributed by atoms with Gasteiger partial charge >= 0.3 is 0 Å². The minimum absolute atomic E-state index is 0.116. The van der Waals surface area contributed by atoms with E-state index in [1.54, 1.807) is 10.7 Å². The lowest BCUT2D eigenvalue weighted by Crippen LogP contribution is -2.11. The van der Waals surface area contributed by atoms with Gasteiger partial charge in [0.1, 0.15) is 12.9 Å². The number of hydrogen-bond acceptors (Lipinski definition) is 4. The van der Waals surface area contributed by atoms with Crippen molar-refractivity contribution >= 4 is 0 Å². The summed E-state index contributed by atoms with van der Waals surface area (Å²) < 4.78 is 20.2. The van der Waals surface area contributed by atoms with E-state index in [2.05, 4.69) is 15.1 Å². The van der Waals surface area contributed by atoms with Gasteiger partial charge in [-0.2, -0.15) is 9.49 Å². The molecule has 2 rings (SSSR count). The third-order valence-corrected chi connectivity index (χ3v) is 2.22. The van der Waals surface area contributed by atoms with Crippen molar-refractivity contribution in [3.8, 4) is 5.75 Å². The number of halogens is 1. The Morgan fingerprint density at radius 3 is 2.94 bits per heavy atom. The molecular weight excluding hydrogens is 223 g/mol. The maximum absolute atomic E-state index is 13.2. The van der Waals surface area contributed by atoms with Gasteiger partial charge in [-0.05, 0) is 26.0 Å². The predicted molar refractivity (Wildman–Crippen MR) is 58.9 cm³/mol. The molecule has 0 aliphatic heterocycles. The van der Waals surface area contributed by atoms with E-state index < -0.39 is 5.95 Å². The van der Waals surface area contributed by atoms with E-state index in [1.165, 1.54) is 18.6 Å². The van der Waals surface area contributed by atoms with Crippen LogP contribution in [0, 0.1) is 5.95 Å². The fourth-order valence-electron chi connectivity index (χ4n) is 1.43. The molecule has 2 aromatic heterocycles. The van der Waals surface area contributed by atoms with Gasteiger partial charge in [-0.1, -0.05) is 0 Å². The first-order chi connectivity index (χ1) is 8.18. The molecule has 0 aromatic carbocycles. The van der Waals surface area contributed by atoms with E-state index >= 15 is 0 Å². The van der Waals surface area contributed by atoms with Crippen molar-refractivity contribution < 1.29 is 9.13 Å². The molecule has 0 bridgehead atoms. The van der Waals surface area contributed by atoms with E-state index in [4.69, 9.17) is 4.74 Å². The standard InChI is InChI=1S/C11H13FN4O/c1-8(2)16-10(14-7-15-16)6-17-9-4-3-5-13-11(9)12/h3-5,7-8H,6H2,1-2H3. The molecule has 0 N–H and O–H groups in total. The predicted octanol–water partition coefficient (Wildman–Crippen LogP) is 1.97. The van der Waals surface area contributed by atoms with Gasteiger partial charge in [0, 0.05) is 12.2 Å². The van der Waals surface area contributed by atoms with Gasteiger partial charge in [0.2, 0.25) is 0 Å². The monoisotopic (exact) mass is 236 g/mol. The zero-order valence-corrected chi connectivity index (χ0v) is 9.67. The van der Waals surface area contributed by atoms with Crippen molar-refractivity contribution in [2.75, 3.05) is 0 Å². The van der Waals surface area contributed by atoms with Crippen LogP contribution < -0.4 is 4.74 Å². The maximum Gasteiger partial charge on any atom is 0.255 e. The minimum Gasteiger partial charge on any atom is -0.481 e. The molecule has 0 aliphatic rings. The number of pyridine rings is 1. The van der Waals surface area contributed by atoms with Crippen LogP contribution in [0.3, 0.4) is 0 Å². The zero-order valence-electron chi connectivity index (χ0n) is 9.67. The van der Waals surface area contributed by atoms with Crippen LogP contribution in [0.2, 0.25) is 0 Å². The average Bonchev–Trinajstić information content (AvgIpc) is 2.76. The molecule has 2 aromatic rings. The third-order valence-electron chi connectivity index (χ3n) is 2.22. The molecule has 5 nitrogen and oxygen atoms in total. The van der Waals surface area contributed by atoms with Crippen molar-refractivity contribution in [3.05, 3.63) is 36.4 Å². The highest BCUT2D eigenvalue weighted by Gasteiger charge is 2.09. The number of rotatable bonds is 4. The highest BCUT2D eigenvalue weighted by atomic mass is 19.1. The van der Waals surface area contributed by atoms with Gasteiger partial charge in [-0.3, -0.25) is 0 Å². The lowest BCUT2D eigenvalue weighted by molar-refractivity contribution is 0.266. The Kier molecular flexibility index (Phi) is 3.32. The summed E-state index contributed by atoms with van der Waals surface area (Å²) in [6.07, 6.45) is 2.83. The second-order valence-corrected chi connectivity index (χ2v) is 3.80. The van der Waals surface area contributed by atoms with Gasteiger partial charge in [0.25, 0.3) is 5.95 Å². The van der Waals surface area contributed by atoms with Crippen LogP contribution >= 0.6 is 0 Å². The van der Waals surface area contributed by atoms with Crippen molar-refractivity contribution in [3.63, 3.8) is 0 Å². The summed E-state index contributed by atoms with van der Waals surface area (Å²) in [6, 6.07) is 3.33. The molecule has 0 aliphatic carbocycles. The first-order valence-electron chi connectivity index (χ1n) is 5.30. The van der Waals surface area contributed by atoms with Crippen molar-refractivity contribution in [1.29, 1.82) is 0 Å². The second kappa shape index (κ2) is 4.90. The summed E-state index contributed by atoms with van der Waals surface area (Å²) in [7, 11) is 0. The van der Waals surface area contributed by atoms with Gasteiger partial charge in [0.15, 0.2) is 11.6 Å². The lowest BCUT2D eigenvalue weighted by atomic mass is 10.4. The molecule has 0 amide bonds. The summed E-state index contributed by atoms with van der Waals surface area (Å²) in [6.45, 7) is 4.15. The van der Waals surface area contributed by atoms with Gasteiger partial charge < -0.3 is 4.74 Å². The van der Waals surface area contributed by atoms with Gasteiger partial charge in [-0.15, -0.1) is 0 Å². The lowest BCUT2D eigenvalue weighted by Gasteiger charge is -2.10. The molecule has 0 saturated heterocycles. The Morgan fingerprint density at radius 2 is 2.24 bits per heavy atom. The summed E-state index contributed by atoms with van der Waals surface area (Å²) in [5, 5.41) is 4.07. The Morgan fingerprint density at radius 1 is 1.41 bits per heavy atom. The largest absolute Gasteiger partial charge is 0.481 e. The topological polar surface area (TPSA) is 52.8 Å². The Labute approximate surface area is 98.3 Å². The number of hydrogen-bond donors (Lipinski definition) is 0. The Bertz CT molecular complexity index is 498. The van der Waals surface area contributed by atoms with Crippen LogP contribution in [0.25, 0.3) is 0 Å². The molecule has 0 radical (unpaired) electrons. The fourth-order valence-corrected chi connectivity index (χ4v) is 1.43. The van der Waals surface area contributed by atoms with Crippen LogP contribution in [-0.4, -0.2) is 19.7 Å². The molecule has 0 unspecified atom stereocenters. The molecule has 0 spiro atoms. The highest BCUT2D eigenvalue weighted by Crippen LogP contribution is 2.15. The third kappa shape index (κ3) is 2.58. The smallest absolute Gasteiger partial charge is 0.255 e. The van der Waals surface area contributed by atoms with Crippen molar-refractivity contribution in [2.24, 2.45) is 0 Å². The SMILES string of the molecule is CC(C)n1ncnc1COc1cccnc1F. The maximum atomic E-state index is 13.2. The van der Waals surface area contributed by atoms with Gasteiger partial charge in [0.05, 0.1) is 0 Å². The van der Waals surface area contributed by atoms with Crippen LogP contribution in [0.5, 0.6) is 5.75 Å². The summed E-state index contributed by atoms with van der Waals surface area (Å²) in [4.78, 5) is 7.57. The highest BCUT2D eigenvalue weighted by molar-refractivity contribution is 5.17. The molecule has 0 saturated carbocycles. The first kappa shape index (κ1) is 11.5. The van der Waals surface area contributed by atoms with Crippen molar-refractivity contribution in [1.82, 2.24) is 19.7 Å². The second-order valence-electron chi connectivity index (χ2n) is 3.80. The first-order valence-corrected chi connectivity index (χ1v) is 5.30. The van der Waals surface area contributed by atoms with Crippen LogP contribution in [0.15, 0.2) is 24.7 Å². The number of ether oxygens (including phenoxy) is 1. The normalized spacial score (nSPS) is 10.8. The molecule has 2 heterocycles. The van der Waals surface area contributed by atoms with Crippen molar-refractivity contribution in [2.45, 2.75) is 26.5 Å². The van der Waals surface area contributed by atoms with E-state index in [0.717, 1.165) is 0 Å². The summed E-state index contributed by atoms with van der Waals surface area (Å²) in [5.74, 6) is 0.150. The zero-order chi connectivity index (χ0) is 12.3. The quantitative estimate of drug-likeness (QED) is 0.761. The Hall–Kier alpha value is -1.98. The average molecular weight is 236 g/mol. The molecule has 17 heavy (non-hydrogen) atoms. The fraction of sp³-hybridized carbons (Fsp3) is 0.364. The van der Waals surface area contributed by atoms with Crippen LogP contribution in [-0.2, 0) is 6.61 Å². The number of aromatic nitrogens is 4. The van der Waals surface area contributed by atoms with Crippen LogP contribution in [0.1, 0.15) is 25.7 Å². The Balaban J connectivity index is 2.08. The summed E-state index contributed by atoms with van der Waals surface area (Å²) >= 11 is 0. The molecule has 6 heteroatoms.